The first-order valence-electron chi connectivity index (χ1n) is 7.15. The number of fused-ring (bicyclic) bond motifs is 1. The summed E-state index contributed by atoms with van der Waals surface area (Å²) in [6, 6.07) is 2.02. The summed E-state index contributed by atoms with van der Waals surface area (Å²) in [5.41, 5.74) is 4.55. The number of hydrogen-bond donors (Lipinski definition) is 1. The summed E-state index contributed by atoms with van der Waals surface area (Å²) >= 11 is 0. The van der Waals surface area contributed by atoms with E-state index in [0.717, 1.165) is 30.5 Å². The van der Waals surface area contributed by atoms with Crippen molar-refractivity contribution in [2.75, 3.05) is 0 Å². The van der Waals surface area contributed by atoms with E-state index >= 15 is 0 Å². The molecule has 0 fully saturated rings. The summed E-state index contributed by atoms with van der Waals surface area (Å²) in [5.74, 6) is 0. The van der Waals surface area contributed by atoms with Crippen LogP contribution in [0.5, 0.6) is 0 Å². The van der Waals surface area contributed by atoms with E-state index in [4.69, 9.17) is 0 Å². The third-order valence-electron chi connectivity index (χ3n) is 3.27. The van der Waals surface area contributed by atoms with Crippen molar-refractivity contribution in [2.45, 2.75) is 45.8 Å². The normalized spacial score (nSPS) is 12.1. The lowest BCUT2D eigenvalue weighted by Crippen LogP contribution is -2.05. The monoisotopic (exact) mass is 290 g/mol. The lowest BCUT2D eigenvalue weighted by atomic mass is 10.1. The molecular weight excluding hydrogens is 267 g/mol. The molecule has 0 bridgehead atoms. The second-order valence-electron chi connectivity index (χ2n) is 5.04. The maximum absolute atomic E-state index is 4.64. The molecule has 2 aromatic rings. The topological polar surface area (TPSA) is 42.2 Å². The summed E-state index contributed by atoms with van der Waals surface area (Å²) in [5, 5.41) is 7.63. The van der Waals surface area contributed by atoms with Gasteiger partial charge in [-0.25, -0.2) is 9.50 Å². The Morgan fingerprint density at radius 3 is 3.10 bits per heavy atom. The highest BCUT2D eigenvalue weighted by Crippen LogP contribution is 2.13. The highest BCUT2D eigenvalue weighted by atomic mass is 31.0. The Kier molecular flexibility index (Phi) is 5.54. The van der Waals surface area contributed by atoms with Crippen molar-refractivity contribution in [2.24, 2.45) is 0 Å². The molecule has 0 aliphatic carbocycles. The standard InChI is InChI=1S/C15H23N4P/c1-3-4-5-12(2)8-16-9-14-10-19-15(18-14)13(11-20)6-7-17-19/h6-8,10,16H,3-5,9,11,20H2,1-2H3/b12-8-. The van der Waals surface area contributed by atoms with Gasteiger partial charge >= 0.3 is 0 Å². The lowest BCUT2D eigenvalue weighted by molar-refractivity contribution is 0.766. The predicted octanol–water partition coefficient (Wildman–Crippen LogP) is 3.29. The van der Waals surface area contributed by atoms with Gasteiger partial charge in [0.05, 0.1) is 18.4 Å². The SMILES string of the molecule is CCCC/C(C)=C\NCc1cn2nccc(CP)c2n1. The number of rotatable bonds is 7. The molecule has 0 amide bonds. The van der Waals surface area contributed by atoms with E-state index in [2.05, 4.69) is 44.7 Å². The van der Waals surface area contributed by atoms with E-state index in [-0.39, 0.29) is 0 Å². The summed E-state index contributed by atoms with van der Waals surface area (Å²) in [6.07, 6.45) is 10.4. The molecule has 0 aromatic carbocycles. The molecule has 4 nitrogen and oxygen atoms in total. The van der Waals surface area contributed by atoms with Gasteiger partial charge in [0, 0.05) is 11.8 Å². The first-order valence-corrected chi connectivity index (χ1v) is 7.97. The van der Waals surface area contributed by atoms with Crippen molar-refractivity contribution >= 4 is 14.9 Å². The molecule has 108 valence electrons. The second kappa shape index (κ2) is 7.39. The molecule has 0 saturated heterocycles. The number of aromatic nitrogens is 3. The number of hydrogen-bond acceptors (Lipinski definition) is 3. The Morgan fingerprint density at radius 2 is 2.35 bits per heavy atom. The highest BCUT2D eigenvalue weighted by Gasteiger charge is 2.05. The molecule has 2 heterocycles. The Balaban J connectivity index is 2.00. The van der Waals surface area contributed by atoms with Crippen LogP contribution in [0.1, 0.15) is 44.4 Å². The number of nitrogens with zero attached hydrogens (tertiary/aromatic N) is 3. The second-order valence-corrected chi connectivity index (χ2v) is 5.44. The van der Waals surface area contributed by atoms with Crippen LogP contribution >= 0.6 is 9.24 Å². The summed E-state index contributed by atoms with van der Waals surface area (Å²) in [4.78, 5) is 4.64. The van der Waals surface area contributed by atoms with E-state index in [0.29, 0.717) is 0 Å². The Hall–Kier alpha value is -1.41. The van der Waals surface area contributed by atoms with Crippen LogP contribution in [-0.2, 0) is 12.7 Å². The lowest BCUT2D eigenvalue weighted by Gasteiger charge is -2.01. The zero-order valence-corrected chi connectivity index (χ0v) is 13.4. The van der Waals surface area contributed by atoms with Gasteiger partial charge < -0.3 is 5.32 Å². The van der Waals surface area contributed by atoms with Crippen molar-refractivity contribution in [1.29, 1.82) is 0 Å². The molecule has 1 N–H and O–H groups in total. The van der Waals surface area contributed by atoms with Crippen molar-refractivity contribution in [3.8, 4) is 0 Å². The van der Waals surface area contributed by atoms with E-state index in [1.807, 2.05) is 23.0 Å². The number of unbranched alkanes of at least 4 members (excludes halogenated alkanes) is 1. The number of nitrogens with one attached hydrogen (secondary N) is 1. The zero-order valence-electron chi connectivity index (χ0n) is 12.3. The maximum atomic E-state index is 4.64. The van der Waals surface area contributed by atoms with Crippen LogP contribution in [0.3, 0.4) is 0 Å². The Morgan fingerprint density at radius 1 is 1.50 bits per heavy atom. The van der Waals surface area contributed by atoms with E-state index < -0.39 is 0 Å². The molecule has 2 aromatic heterocycles. The largest absolute Gasteiger partial charge is 0.385 e. The molecule has 2 rings (SSSR count). The van der Waals surface area contributed by atoms with Gasteiger partial charge in [-0.1, -0.05) is 18.9 Å². The molecule has 20 heavy (non-hydrogen) atoms. The summed E-state index contributed by atoms with van der Waals surface area (Å²) < 4.78 is 1.85. The van der Waals surface area contributed by atoms with E-state index in [1.54, 1.807) is 0 Å². The Labute approximate surface area is 122 Å². The van der Waals surface area contributed by atoms with Crippen molar-refractivity contribution in [3.05, 3.63) is 41.5 Å². The molecule has 0 saturated carbocycles. The predicted molar refractivity (Wildman–Crippen MR) is 86.5 cm³/mol. The van der Waals surface area contributed by atoms with Crippen molar-refractivity contribution in [3.63, 3.8) is 0 Å². The third kappa shape index (κ3) is 3.80. The maximum Gasteiger partial charge on any atom is 0.157 e. The van der Waals surface area contributed by atoms with Gasteiger partial charge in [0.25, 0.3) is 0 Å². The van der Waals surface area contributed by atoms with Crippen LogP contribution in [0, 0.1) is 0 Å². The van der Waals surface area contributed by atoms with Crippen LogP contribution in [0.25, 0.3) is 5.65 Å². The van der Waals surface area contributed by atoms with Crippen LogP contribution in [0.2, 0.25) is 0 Å². The number of allylic oxidation sites excluding steroid dienone is 1. The molecule has 1 atom stereocenters. The van der Waals surface area contributed by atoms with Gasteiger partial charge in [-0.2, -0.15) is 5.10 Å². The summed E-state index contributed by atoms with van der Waals surface area (Å²) in [7, 11) is 2.73. The van der Waals surface area contributed by atoms with Gasteiger partial charge in [-0.05, 0) is 38.2 Å². The van der Waals surface area contributed by atoms with Crippen LogP contribution in [-0.4, -0.2) is 14.6 Å². The fraction of sp³-hybridized carbons (Fsp3) is 0.467. The van der Waals surface area contributed by atoms with Crippen LogP contribution in [0.4, 0.5) is 0 Å². The quantitative estimate of drug-likeness (QED) is 0.796. The van der Waals surface area contributed by atoms with Crippen LogP contribution < -0.4 is 5.32 Å². The molecule has 0 aliphatic rings. The Bertz CT molecular complexity index is 589. The fourth-order valence-corrected chi connectivity index (χ4v) is 2.42. The minimum atomic E-state index is 0.739. The van der Waals surface area contributed by atoms with Crippen LogP contribution in [0.15, 0.2) is 30.2 Å². The third-order valence-corrected chi connectivity index (χ3v) is 3.71. The zero-order chi connectivity index (χ0) is 14.4. The highest BCUT2D eigenvalue weighted by molar-refractivity contribution is 7.15. The number of imidazole rings is 1. The first kappa shape index (κ1) is 15.0. The smallest absolute Gasteiger partial charge is 0.157 e. The van der Waals surface area contributed by atoms with E-state index in [9.17, 15) is 0 Å². The molecule has 5 heteroatoms. The fourth-order valence-electron chi connectivity index (χ4n) is 2.10. The summed E-state index contributed by atoms with van der Waals surface area (Å²) in [6.45, 7) is 5.12. The average Bonchev–Trinajstić information content (AvgIpc) is 2.87. The van der Waals surface area contributed by atoms with E-state index in [1.165, 1.54) is 24.0 Å². The van der Waals surface area contributed by atoms with Crippen molar-refractivity contribution in [1.82, 2.24) is 19.9 Å². The average molecular weight is 290 g/mol. The van der Waals surface area contributed by atoms with Gasteiger partial charge in [0.1, 0.15) is 0 Å². The van der Waals surface area contributed by atoms with Gasteiger partial charge in [0.15, 0.2) is 5.65 Å². The van der Waals surface area contributed by atoms with Gasteiger partial charge in [-0.15, -0.1) is 9.24 Å². The molecule has 0 spiro atoms. The molecule has 1 unspecified atom stereocenters. The minimum absolute atomic E-state index is 0.739. The van der Waals surface area contributed by atoms with Gasteiger partial charge in [-0.3, -0.25) is 0 Å². The van der Waals surface area contributed by atoms with Crippen molar-refractivity contribution < 1.29 is 0 Å². The molecule has 0 aliphatic heterocycles. The molecule has 0 radical (unpaired) electrons. The molecular formula is C15H23N4P. The van der Waals surface area contributed by atoms with Gasteiger partial charge in [0.2, 0.25) is 0 Å². The minimum Gasteiger partial charge on any atom is -0.385 e. The first-order chi connectivity index (χ1) is 9.74.